The molecule has 2 heterocycles. The summed E-state index contributed by atoms with van der Waals surface area (Å²) < 4.78 is 0. The lowest BCUT2D eigenvalue weighted by atomic mass is 9.83. The van der Waals surface area contributed by atoms with E-state index in [-0.39, 0.29) is 23.7 Å². The molecule has 0 bridgehead atoms. The molecule has 3 amide bonds. The number of hydrogen-bond donors (Lipinski definition) is 1. The third-order valence-corrected chi connectivity index (χ3v) is 6.12. The summed E-state index contributed by atoms with van der Waals surface area (Å²) in [7, 11) is 1.93. The number of carbonyl (C=O) groups excluding carboxylic acids is 3. The molecule has 1 N–H and O–H groups in total. The molecule has 29 heavy (non-hydrogen) atoms. The number of allylic oxidation sites excluding steroid dienone is 1. The normalized spacial score (nSPS) is 24.4. The summed E-state index contributed by atoms with van der Waals surface area (Å²) in [5, 5.41) is 2.78. The van der Waals surface area contributed by atoms with Crippen molar-refractivity contribution in [3.63, 3.8) is 0 Å². The number of hydrogen-bond acceptors (Lipinski definition) is 4. The molecule has 1 atom stereocenters. The summed E-state index contributed by atoms with van der Waals surface area (Å²) >= 11 is 0. The molecule has 1 fully saturated rings. The van der Waals surface area contributed by atoms with Crippen molar-refractivity contribution in [2.75, 3.05) is 18.5 Å². The molecule has 3 rings (SSSR count). The SMILES string of the molecule is CC(C)CC[C@]1(C)NC(=O)N(CC(=O)C=C2N(C)c3ccccc3C2(C)C)C1=O. The Balaban J connectivity index is 1.77. The van der Waals surface area contributed by atoms with Crippen LogP contribution in [0.2, 0.25) is 0 Å². The molecule has 156 valence electrons. The number of anilines is 1. The standard InChI is InChI=1S/C23H31N3O3/c1-15(2)11-12-23(5)20(28)26(21(29)24-23)14-16(27)13-19-22(3,4)17-9-7-8-10-18(17)25(19)6/h7-10,13,15H,11-12,14H2,1-6H3,(H,24,29)/t23-/m0/s1. The number of para-hydroxylation sites is 1. The summed E-state index contributed by atoms with van der Waals surface area (Å²) in [6.45, 7) is 9.80. The Morgan fingerprint density at radius 2 is 1.83 bits per heavy atom. The van der Waals surface area contributed by atoms with Gasteiger partial charge in [-0.2, -0.15) is 0 Å². The van der Waals surface area contributed by atoms with Gasteiger partial charge >= 0.3 is 6.03 Å². The molecule has 0 aromatic heterocycles. The number of benzene rings is 1. The average Bonchev–Trinajstić information content (AvgIpc) is 2.98. The Morgan fingerprint density at radius 1 is 1.17 bits per heavy atom. The Morgan fingerprint density at radius 3 is 2.45 bits per heavy atom. The van der Waals surface area contributed by atoms with Gasteiger partial charge in [0.25, 0.3) is 5.91 Å². The topological polar surface area (TPSA) is 69.7 Å². The third kappa shape index (κ3) is 3.68. The maximum atomic E-state index is 12.9. The van der Waals surface area contributed by atoms with Crippen LogP contribution in [-0.2, 0) is 15.0 Å². The van der Waals surface area contributed by atoms with Gasteiger partial charge in [0, 0.05) is 29.9 Å². The Hall–Kier alpha value is -2.63. The molecule has 2 aliphatic rings. The van der Waals surface area contributed by atoms with Crippen LogP contribution in [0.15, 0.2) is 36.0 Å². The van der Waals surface area contributed by atoms with E-state index in [0.717, 1.165) is 28.3 Å². The van der Waals surface area contributed by atoms with Crippen molar-refractivity contribution >= 4 is 23.4 Å². The molecular formula is C23H31N3O3. The lowest BCUT2D eigenvalue weighted by Crippen LogP contribution is -2.44. The summed E-state index contributed by atoms with van der Waals surface area (Å²) in [5.41, 5.74) is 1.81. The number of fused-ring (bicyclic) bond motifs is 1. The highest BCUT2D eigenvalue weighted by atomic mass is 16.2. The van der Waals surface area contributed by atoms with Crippen molar-refractivity contribution in [2.45, 2.75) is 58.4 Å². The van der Waals surface area contributed by atoms with E-state index in [9.17, 15) is 14.4 Å². The molecule has 0 saturated carbocycles. The molecule has 2 aliphatic heterocycles. The highest BCUT2D eigenvalue weighted by molar-refractivity contribution is 6.10. The quantitative estimate of drug-likeness (QED) is 0.588. The van der Waals surface area contributed by atoms with E-state index in [2.05, 4.69) is 39.1 Å². The van der Waals surface area contributed by atoms with Crippen LogP contribution in [0.4, 0.5) is 10.5 Å². The Bertz CT molecular complexity index is 887. The van der Waals surface area contributed by atoms with Crippen LogP contribution in [0.5, 0.6) is 0 Å². The van der Waals surface area contributed by atoms with Crippen LogP contribution >= 0.6 is 0 Å². The van der Waals surface area contributed by atoms with Crippen molar-refractivity contribution < 1.29 is 14.4 Å². The summed E-state index contributed by atoms with van der Waals surface area (Å²) in [5.74, 6) is -0.153. The molecule has 0 unspecified atom stereocenters. The highest BCUT2D eigenvalue weighted by Gasteiger charge is 2.48. The minimum Gasteiger partial charge on any atom is -0.347 e. The van der Waals surface area contributed by atoms with Crippen LogP contribution < -0.4 is 10.2 Å². The van der Waals surface area contributed by atoms with Gasteiger partial charge in [-0.25, -0.2) is 4.79 Å². The van der Waals surface area contributed by atoms with E-state index < -0.39 is 11.6 Å². The number of urea groups is 1. The first-order valence-corrected chi connectivity index (χ1v) is 10.2. The number of nitrogens with one attached hydrogen (secondary N) is 1. The van der Waals surface area contributed by atoms with Crippen molar-refractivity contribution in [3.8, 4) is 0 Å². The van der Waals surface area contributed by atoms with Crippen molar-refractivity contribution in [2.24, 2.45) is 5.92 Å². The fraction of sp³-hybridized carbons (Fsp3) is 0.522. The second-order valence-corrected chi connectivity index (χ2v) is 9.28. The van der Waals surface area contributed by atoms with E-state index in [1.807, 2.05) is 30.1 Å². The van der Waals surface area contributed by atoms with E-state index in [4.69, 9.17) is 0 Å². The molecule has 1 aromatic rings. The maximum absolute atomic E-state index is 12.9. The monoisotopic (exact) mass is 397 g/mol. The number of rotatable bonds is 6. The molecule has 0 spiro atoms. The Labute approximate surface area is 172 Å². The van der Waals surface area contributed by atoms with Crippen molar-refractivity contribution in [1.29, 1.82) is 0 Å². The van der Waals surface area contributed by atoms with Crippen molar-refractivity contribution in [1.82, 2.24) is 10.2 Å². The zero-order valence-electron chi connectivity index (χ0n) is 18.2. The predicted molar refractivity (Wildman–Crippen MR) is 114 cm³/mol. The second-order valence-electron chi connectivity index (χ2n) is 9.28. The zero-order valence-corrected chi connectivity index (χ0v) is 18.2. The van der Waals surface area contributed by atoms with Gasteiger partial charge in [0.1, 0.15) is 5.54 Å². The first-order chi connectivity index (χ1) is 13.5. The number of ketones is 1. The lowest BCUT2D eigenvalue weighted by Gasteiger charge is -2.24. The summed E-state index contributed by atoms with van der Waals surface area (Å²) in [4.78, 5) is 41.1. The summed E-state index contributed by atoms with van der Waals surface area (Å²) in [6, 6.07) is 7.57. The average molecular weight is 398 g/mol. The molecule has 6 nitrogen and oxygen atoms in total. The van der Waals surface area contributed by atoms with Crippen LogP contribution in [-0.4, -0.2) is 41.8 Å². The van der Waals surface area contributed by atoms with Crippen LogP contribution in [0.25, 0.3) is 0 Å². The van der Waals surface area contributed by atoms with E-state index >= 15 is 0 Å². The number of carbonyl (C=O) groups is 3. The van der Waals surface area contributed by atoms with E-state index in [1.54, 1.807) is 13.0 Å². The predicted octanol–water partition coefficient (Wildman–Crippen LogP) is 3.61. The third-order valence-electron chi connectivity index (χ3n) is 6.12. The van der Waals surface area contributed by atoms with Gasteiger partial charge in [0.2, 0.25) is 0 Å². The van der Waals surface area contributed by atoms with Gasteiger partial charge in [0.15, 0.2) is 5.78 Å². The largest absolute Gasteiger partial charge is 0.347 e. The first-order valence-electron chi connectivity index (χ1n) is 10.2. The molecule has 0 radical (unpaired) electrons. The van der Waals surface area contributed by atoms with E-state index in [1.165, 1.54) is 0 Å². The number of amides is 3. The molecule has 1 aromatic carbocycles. The number of imide groups is 1. The minimum atomic E-state index is -0.936. The fourth-order valence-electron chi connectivity index (χ4n) is 4.25. The van der Waals surface area contributed by atoms with Gasteiger partial charge < -0.3 is 10.2 Å². The van der Waals surface area contributed by atoms with Crippen LogP contribution in [0, 0.1) is 5.92 Å². The molecular weight excluding hydrogens is 366 g/mol. The van der Waals surface area contributed by atoms with Gasteiger partial charge in [-0.15, -0.1) is 0 Å². The molecule has 1 saturated heterocycles. The fourth-order valence-corrected chi connectivity index (χ4v) is 4.25. The van der Waals surface area contributed by atoms with Gasteiger partial charge in [0.05, 0.1) is 6.54 Å². The van der Waals surface area contributed by atoms with Gasteiger partial charge in [-0.3, -0.25) is 14.5 Å². The molecule has 6 heteroatoms. The first kappa shape index (κ1) is 21.1. The zero-order chi connectivity index (χ0) is 21.6. The Kier molecular flexibility index (Phi) is 5.32. The van der Waals surface area contributed by atoms with Gasteiger partial charge in [-0.05, 0) is 37.3 Å². The highest BCUT2D eigenvalue weighted by Crippen LogP contribution is 2.46. The maximum Gasteiger partial charge on any atom is 0.325 e. The summed E-state index contributed by atoms with van der Waals surface area (Å²) in [6.07, 6.45) is 2.96. The van der Waals surface area contributed by atoms with Crippen LogP contribution in [0.1, 0.15) is 53.0 Å². The molecule has 0 aliphatic carbocycles. The number of likely N-dealkylation sites (N-methyl/N-ethyl adjacent to an activating group) is 1. The lowest BCUT2D eigenvalue weighted by molar-refractivity contribution is -0.133. The van der Waals surface area contributed by atoms with Crippen LogP contribution in [0.3, 0.4) is 0 Å². The smallest absolute Gasteiger partial charge is 0.325 e. The van der Waals surface area contributed by atoms with Crippen molar-refractivity contribution in [3.05, 3.63) is 41.6 Å². The second kappa shape index (κ2) is 7.32. The minimum absolute atomic E-state index is 0.244. The van der Waals surface area contributed by atoms with Gasteiger partial charge in [-0.1, -0.05) is 45.9 Å². The number of nitrogens with zero attached hydrogens (tertiary/aromatic N) is 2. The van der Waals surface area contributed by atoms with E-state index in [0.29, 0.717) is 12.3 Å².